The molecule has 0 aliphatic rings. The van der Waals surface area contributed by atoms with E-state index < -0.39 is 0 Å². The molecule has 0 saturated carbocycles. The number of tetrazole rings is 1. The van der Waals surface area contributed by atoms with Crippen molar-refractivity contribution < 1.29 is 4.74 Å². The quantitative estimate of drug-likeness (QED) is 0.487. The number of nitrogens with zero attached hydrogens (tertiary/aromatic N) is 6. The van der Waals surface area contributed by atoms with Gasteiger partial charge in [0.15, 0.2) is 5.65 Å². The van der Waals surface area contributed by atoms with Crippen molar-refractivity contribution in [1.82, 2.24) is 35.2 Å². The number of nitrogens with one attached hydrogen (secondary N) is 1. The average Bonchev–Trinajstić information content (AvgIpc) is 3.44. The molecule has 5 rings (SSSR count). The summed E-state index contributed by atoms with van der Waals surface area (Å²) >= 11 is 0. The Labute approximate surface area is 172 Å². The minimum atomic E-state index is 0.554. The van der Waals surface area contributed by atoms with E-state index >= 15 is 0 Å². The first-order valence-electron chi connectivity index (χ1n) is 9.52. The maximum Gasteiger partial charge on any atom is 0.298 e. The third-order valence-electron chi connectivity index (χ3n) is 5.10. The van der Waals surface area contributed by atoms with Crippen LogP contribution in [0.1, 0.15) is 11.1 Å². The average molecular weight is 397 g/mol. The first kappa shape index (κ1) is 18.0. The lowest BCUT2D eigenvalue weighted by atomic mass is 9.98. The number of benzene rings is 2. The molecule has 0 fully saturated rings. The van der Waals surface area contributed by atoms with Gasteiger partial charge in [-0.15, -0.1) is 10.2 Å². The molecule has 2 aromatic carbocycles. The topological polar surface area (TPSA) is 94.4 Å². The first-order valence-corrected chi connectivity index (χ1v) is 9.52. The SMILES string of the molecule is COc1nc2c(C)ccnc2n1Cc1ccc(-c2ccccc2-c2nn[nH]n2)cc1. The van der Waals surface area contributed by atoms with E-state index in [2.05, 4.69) is 60.9 Å². The zero-order chi connectivity index (χ0) is 20.5. The molecule has 0 spiro atoms. The molecule has 1 N–H and O–H groups in total. The molecule has 30 heavy (non-hydrogen) atoms. The van der Waals surface area contributed by atoms with E-state index in [1.807, 2.05) is 35.8 Å². The number of rotatable bonds is 5. The lowest BCUT2D eigenvalue weighted by Crippen LogP contribution is -2.03. The third kappa shape index (κ3) is 3.08. The van der Waals surface area contributed by atoms with Crippen molar-refractivity contribution in [3.05, 3.63) is 71.9 Å². The number of methoxy groups -OCH3 is 1. The van der Waals surface area contributed by atoms with Crippen LogP contribution in [0, 0.1) is 6.92 Å². The van der Waals surface area contributed by atoms with Gasteiger partial charge in [0.25, 0.3) is 6.01 Å². The number of imidazole rings is 1. The van der Waals surface area contributed by atoms with Crippen LogP contribution in [0.25, 0.3) is 33.7 Å². The van der Waals surface area contributed by atoms with Crippen molar-refractivity contribution in [3.8, 4) is 28.5 Å². The van der Waals surface area contributed by atoms with Gasteiger partial charge in [-0.25, -0.2) is 4.98 Å². The van der Waals surface area contributed by atoms with Crippen molar-refractivity contribution in [1.29, 1.82) is 0 Å². The van der Waals surface area contributed by atoms with Crippen molar-refractivity contribution in [2.75, 3.05) is 7.11 Å². The Bertz CT molecular complexity index is 1310. The molecule has 3 heterocycles. The highest BCUT2D eigenvalue weighted by molar-refractivity contribution is 5.80. The van der Waals surface area contributed by atoms with E-state index in [1.165, 1.54) is 0 Å². The number of aryl methyl sites for hydroxylation is 1. The lowest BCUT2D eigenvalue weighted by Gasteiger charge is -2.10. The zero-order valence-corrected chi connectivity index (χ0v) is 16.6. The first-order chi connectivity index (χ1) is 14.7. The van der Waals surface area contributed by atoms with Gasteiger partial charge in [0.1, 0.15) is 5.52 Å². The fraction of sp³-hybridized carbons (Fsp3) is 0.136. The van der Waals surface area contributed by atoms with Crippen LogP contribution in [-0.2, 0) is 6.54 Å². The summed E-state index contributed by atoms with van der Waals surface area (Å²) < 4.78 is 7.49. The van der Waals surface area contributed by atoms with Gasteiger partial charge in [-0.2, -0.15) is 10.2 Å². The summed E-state index contributed by atoms with van der Waals surface area (Å²) in [4.78, 5) is 9.10. The van der Waals surface area contributed by atoms with Crippen molar-refractivity contribution in [3.63, 3.8) is 0 Å². The van der Waals surface area contributed by atoms with Crippen LogP contribution in [-0.4, -0.2) is 42.3 Å². The predicted molar refractivity (Wildman–Crippen MR) is 113 cm³/mol. The largest absolute Gasteiger partial charge is 0.468 e. The van der Waals surface area contributed by atoms with Gasteiger partial charge in [-0.1, -0.05) is 48.5 Å². The number of fused-ring (bicyclic) bond motifs is 1. The van der Waals surface area contributed by atoms with Crippen LogP contribution in [0.4, 0.5) is 0 Å². The number of aromatic amines is 1. The Hall–Kier alpha value is -4.07. The molecule has 0 bridgehead atoms. The second kappa shape index (κ2) is 7.40. The van der Waals surface area contributed by atoms with E-state index in [4.69, 9.17) is 4.74 Å². The Balaban J connectivity index is 1.49. The van der Waals surface area contributed by atoms with E-state index in [-0.39, 0.29) is 0 Å². The summed E-state index contributed by atoms with van der Waals surface area (Å²) in [5.74, 6) is 0.575. The molecule has 8 heteroatoms. The summed E-state index contributed by atoms with van der Waals surface area (Å²) in [6, 6.07) is 18.9. The molecule has 148 valence electrons. The maximum atomic E-state index is 5.50. The highest BCUT2D eigenvalue weighted by Gasteiger charge is 2.15. The van der Waals surface area contributed by atoms with Crippen molar-refractivity contribution >= 4 is 11.2 Å². The summed E-state index contributed by atoms with van der Waals surface area (Å²) in [5, 5.41) is 14.4. The second-order valence-electron chi connectivity index (χ2n) is 6.96. The van der Waals surface area contributed by atoms with E-state index in [0.717, 1.165) is 39.0 Å². The van der Waals surface area contributed by atoms with Gasteiger partial charge in [-0.05, 0) is 40.5 Å². The summed E-state index contributed by atoms with van der Waals surface area (Å²) in [6.45, 7) is 2.64. The standard InChI is InChI=1S/C22H19N7O/c1-14-11-12-23-21-19(14)24-22(30-2)29(21)13-15-7-9-16(10-8-15)17-5-3-4-6-18(17)20-25-27-28-26-20/h3-12H,13H2,1-2H3,(H,25,26,27,28). The van der Waals surface area contributed by atoms with Gasteiger partial charge < -0.3 is 4.74 Å². The lowest BCUT2D eigenvalue weighted by molar-refractivity contribution is 0.363. The highest BCUT2D eigenvalue weighted by atomic mass is 16.5. The van der Waals surface area contributed by atoms with Crippen LogP contribution in [0.2, 0.25) is 0 Å². The van der Waals surface area contributed by atoms with Crippen LogP contribution in [0.5, 0.6) is 6.01 Å². The molecule has 5 aromatic rings. The van der Waals surface area contributed by atoms with Gasteiger partial charge in [0, 0.05) is 11.8 Å². The van der Waals surface area contributed by atoms with E-state index in [1.54, 1.807) is 13.3 Å². The monoisotopic (exact) mass is 397 g/mol. The molecule has 0 amide bonds. The minimum absolute atomic E-state index is 0.554. The Morgan fingerprint density at radius 3 is 2.53 bits per heavy atom. The predicted octanol–water partition coefficient (Wildman–Crippen LogP) is 3.64. The molecule has 3 aromatic heterocycles. The normalized spacial score (nSPS) is 11.1. The van der Waals surface area contributed by atoms with Crippen LogP contribution in [0.3, 0.4) is 0 Å². The van der Waals surface area contributed by atoms with Gasteiger partial charge in [-0.3, -0.25) is 4.57 Å². The summed E-state index contributed by atoms with van der Waals surface area (Å²) in [6.07, 6.45) is 1.80. The molecule has 8 nitrogen and oxygen atoms in total. The number of pyridine rings is 1. The fourth-order valence-corrected chi connectivity index (χ4v) is 3.59. The number of aromatic nitrogens is 7. The Kier molecular flexibility index (Phi) is 4.44. The molecule has 0 aliphatic heterocycles. The number of hydrogen-bond donors (Lipinski definition) is 1. The van der Waals surface area contributed by atoms with Gasteiger partial charge in [0.05, 0.1) is 13.7 Å². The van der Waals surface area contributed by atoms with E-state index in [0.29, 0.717) is 18.4 Å². The molecular formula is C22H19N7O. The zero-order valence-electron chi connectivity index (χ0n) is 16.6. The van der Waals surface area contributed by atoms with Crippen LogP contribution < -0.4 is 4.74 Å². The Morgan fingerprint density at radius 2 is 1.80 bits per heavy atom. The minimum Gasteiger partial charge on any atom is -0.468 e. The summed E-state index contributed by atoms with van der Waals surface area (Å²) in [5.41, 5.74) is 6.94. The van der Waals surface area contributed by atoms with Crippen molar-refractivity contribution in [2.24, 2.45) is 0 Å². The number of ether oxygens (including phenoxy) is 1. The Morgan fingerprint density at radius 1 is 1.00 bits per heavy atom. The highest BCUT2D eigenvalue weighted by Crippen LogP contribution is 2.30. The van der Waals surface area contributed by atoms with Crippen LogP contribution in [0.15, 0.2) is 60.8 Å². The molecule has 0 saturated heterocycles. The second-order valence-corrected chi connectivity index (χ2v) is 6.96. The third-order valence-corrected chi connectivity index (χ3v) is 5.10. The van der Waals surface area contributed by atoms with Gasteiger partial charge >= 0.3 is 0 Å². The maximum absolute atomic E-state index is 5.50. The van der Waals surface area contributed by atoms with E-state index in [9.17, 15) is 0 Å². The fourth-order valence-electron chi connectivity index (χ4n) is 3.59. The molecule has 0 radical (unpaired) electrons. The molecule has 0 unspecified atom stereocenters. The molecule has 0 aliphatic carbocycles. The number of hydrogen-bond acceptors (Lipinski definition) is 6. The smallest absolute Gasteiger partial charge is 0.298 e. The van der Waals surface area contributed by atoms with Crippen molar-refractivity contribution in [2.45, 2.75) is 13.5 Å². The molecule has 0 atom stereocenters. The van der Waals surface area contributed by atoms with Crippen LogP contribution >= 0.6 is 0 Å². The number of H-pyrrole nitrogens is 1. The summed E-state index contributed by atoms with van der Waals surface area (Å²) in [7, 11) is 1.63. The van der Waals surface area contributed by atoms with Gasteiger partial charge in [0.2, 0.25) is 5.82 Å². The molecular weight excluding hydrogens is 378 g/mol.